The molecule has 0 aliphatic carbocycles. The number of nitrogens with zero attached hydrogens (tertiary/aromatic N) is 3. The minimum Gasteiger partial charge on any atom is -0.478 e. The van der Waals surface area contributed by atoms with Crippen molar-refractivity contribution >= 4 is 17.7 Å². The van der Waals surface area contributed by atoms with Crippen LogP contribution in [-0.2, 0) is 12.3 Å². The van der Waals surface area contributed by atoms with Crippen molar-refractivity contribution in [3.63, 3.8) is 0 Å². The molecule has 0 unspecified atom stereocenters. The second-order valence-electron chi connectivity index (χ2n) is 4.82. The molecule has 0 bridgehead atoms. The van der Waals surface area contributed by atoms with Gasteiger partial charge in [-0.1, -0.05) is 23.9 Å². The summed E-state index contributed by atoms with van der Waals surface area (Å²) in [4.78, 5) is 11.0. The molecule has 0 aliphatic heterocycles. The molecule has 0 spiro atoms. The second-order valence-corrected chi connectivity index (χ2v) is 5.76. The van der Waals surface area contributed by atoms with E-state index in [1.165, 1.54) is 11.8 Å². The fourth-order valence-electron chi connectivity index (χ4n) is 2.21. The quantitative estimate of drug-likeness (QED) is 0.697. The highest BCUT2D eigenvalue weighted by Gasteiger charge is 2.15. The van der Waals surface area contributed by atoms with Gasteiger partial charge in [-0.2, -0.15) is 0 Å². The molecule has 118 valence electrons. The van der Waals surface area contributed by atoms with E-state index in [9.17, 15) is 4.79 Å². The number of carbonyl (C=O) groups is 1. The Labute approximate surface area is 137 Å². The van der Waals surface area contributed by atoms with Crippen molar-refractivity contribution in [3.8, 4) is 11.6 Å². The Morgan fingerprint density at radius 2 is 2.17 bits per heavy atom. The normalized spacial score (nSPS) is 10.8. The lowest BCUT2D eigenvalue weighted by molar-refractivity contribution is 0.0697. The minimum atomic E-state index is -0.923. The molecule has 2 aromatic heterocycles. The van der Waals surface area contributed by atoms with Crippen molar-refractivity contribution in [2.75, 3.05) is 0 Å². The smallest absolute Gasteiger partial charge is 0.335 e. The molecule has 0 amide bonds. The highest BCUT2D eigenvalue weighted by atomic mass is 32.2. The van der Waals surface area contributed by atoms with E-state index in [2.05, 4.69) is 10.2 Å². The topological polar surface area (TPSA) is 81.2 Å². The van der Waals surface area contributed by atoms with Gasteiger partial charge in [-0.05, 0) is 36.8 Å². The first-order valence-electron chi connectivity index (χ1n) is 7.11. The number of aromatic nitrogens is 3. The van der Waals surface area contributed by atoms with Gasteiger partial charge in [-0.25, -0.2) is 4.79 Å². The zero-order valence-electron chi connectivity index (χ0n) is 12.5. The number of aromatic carboxylic acids is 1. The van der Waals surface area contributed by atoms with Gasteiger partial charge in [0.25, 0.3) is 0 Å². The summed E-state index contributed by atoms with van der Waals surface area (Å²) in [5, 5.41) is 18.2. The molecule has 7 heteroatoms. The van der Waals surface area contributed by atoms with Crippen molar-refractivity contribution in [1.82, 2.24) is 14.8 Å². The Balaban J connectivity index is 1.79. The first-order valence-corrected chi connectivity index (χ1v) is 8.09. The monoisotopic (exact) mass is 329 g/mol. The van der Waals surface area contributed by atoms with Crippen LogP contribution in [-0.4, -0.2) is 25.8 Å². The summed E-state index contributed by atoms with van der Waals surface area (Å²) < 4.78 is 7.36. The Bertz CT molecular complexity index is 812. The van der Waals surface area contributed by atoms with Crippen molar-refractivity contribution in [2.24, 2.45) is 0 Å². The van der Waals surface area contributed by atoms with Crippen LogP contribution in [0.15, 0.2) is 52.2 Å². The predicted molar refractivity (Wildman–Crippen MR) is 86.4 cm³/mol. The molecule has 3 rings (SSSR count). The molecule has 2 heterocycles. The molecule has 0 saturated carbocycles. The molecule has 3 aromatic rings. The van der Waals surface area contributed by atoms with Crippen molar-refractivity contribution in [2.45, 2.75) is 24.4 Å². The highest BCUT2D eigenvalue weighted by Crippen LogP contribution is 2.26. The van der Waals surface area contributed by atoms with E-state index in [1.54, 1.807) is 24.5 Å². The largest absolute Gasteiger partial charge is 0.478 e. The summed E-state index contributed by atoms with van der Waals surface area (Å²) in [6, 6.07) is 10.6. The van der Waals surface area contributed by atoms with E-state index in [0.717, 1.165) is 17.3 Å². The molecule has 1 aromatic carbocycles. The Morgan fingerprint density at radius 3 is 2.87 bits per heavy atom. The molecule has 0 saturated heterocycles. The molecule has 0 radical (unpaired) electrons. The van der Waals surface area contributed by atoms with Gasteiger partial charge in [0.2, 0.25) is 0 Å². The summed E-state index contributed by atoms with van der Waals surface area (Å²) in [6.07, 6.45) is 1.61. The molecule has 0 atom stereocenters. The molecule has 23 heavy (non-hydrogen) atoms. The van der Waals surface area contributed by atoms with Gasteiger partial charge in [-0.3, -0.25) is 4.57 Å². The number of rotatable bonds is 6. The number of thioether (sulfide) groups is 1. The average Bonchev–Trinajstić information content (AvgIpc) is 3.21. The molecule has 6 nitrogen and oxygen atoms in total. The molecule has 0 fully saturated rings. The van der Waals surface area contributed by atoms with Crippen LogP contribution in [0.5, 0.6) is 0 Å². The van der Waals surface area contributed by atoms with Gasteiger partial charge in [0.05, 0.1) is 11.8 Å². The highest BCUT2D eigenvalue weighted by molar-refractivity contribution is 7.98. The molecular formula is C16H15N3O3S. The maximum Gasteiger partial charge on any atom is 0.335 e. The summed E-state index contributed by atoms with van der Waals surface area (Å²) in [5.74, 6) is 1.07. The van der Waals surface area contributed by atoms with Crippen molar-refractivity contribution in [1.29, 1.82) is 0 Å². The van der Waals surface area contributed by atoms with Crippen LogP contribution >= 0.6 is 11.8 Å². The van der Waals surface area contributed by atoms with Crippen molar-refractivity contribution < 1.29 is 14.3 Å². The van der Waals surface area contributed by atoms with Gasteiger partial charge in [0, 0.05) is 12.3 Å². The van der Waals surface area contributed by atoms with Crippen LogP contribution in [0.1, 0.15) is 22.8 Å². The van der Waals surface area contributed by atoms with E-state index in [-0.39, 0.29) is 5.56 Å². The molecular weight excluding hydrogens is 314 g/mol. The SMILES string of the molecule is CCn1c(SCc2cccc(C(=O)O)c2)nnc1-c1ccco1. The first kappa shape index (κ1) is 15.4. The summed E-state index contributed by atoms with van der Waals surface area (Å²) in [6.45, 7) is 2.74. The summed E-state index contributed by atoms with van der Waals surface area (Å²) >= 11 is 1.52. The van der Waals surface area contributed by atoms with E-state index < -0.39 is 5.97 Å². The summed E-state index contributed by atoms with van der Waals surface area (Å²) in [7, 11) is 0. The van der Waals surface area contributed by atoms with Crippen LogP contribution in [0.3, 0.4) is 0 Å². The maximum atomic E-state index is 11.0. The van der Waals surface area contributed by atoms with E-state index in [4.69, 9.17) is 9.52 Å². The fourth-order valence-corrected chi connectivity index (χ4v) is 3.16. The number of hydrogen-bond donors (Lipinski definition) is 1. The van der Waals surface area contributed by atoms with Crippen LogP contribution in [0.25, 0.3) is 11.6 Å². The van der Waals surface area contributed by atoms with E-state index >= 15 is 0 Å². The van der Waals surface area contributed by atoms with Gasteiger partial charge >= 0.3 is 5.97 Å². The lowest BCUT2D eigenvalue weighted by Crippen LogP contribution is -2.00. The number of benzene rings is 1. The van der Waals surface area contributed by atoms with Gasteiger partial charge in [0.1, 0.15) is 0 Å². The zero-order chi connectivity index (χ0) is 16.2. The van der Waals surface area contributed by atoms with Gasteiger partial charge in [0.15, 0.2) is 16.7 Å². The number of carboxylic acid groups (broad SMARTS) is 1. The van der Waals surface area contributed by atoms with Crippen molar-refractivity contribution in [3.05, 3.63) is 53.8 Å². The van der Waals surface area contributed by atoms with Gasteiger partial charge in [-0.15, -0.1) is 10.2 Å². The minimum absolute atomic E-state index is 0.288. The lowest BCUT2D eigenvalue weighted by atomic mass is 10.1. The third kappa shape index (κ3) is 3.29. The van der Waals surface area contributed by atoms with Gasteiger partial charge < -0.3 is 9.52 Å². The third-order valence-electron chi connectivity index (χ3n) is 3.32. The van der Waals surface area contributed by atoms with Crippen LogP contribution < -0.4 is 0 Å². The Kier molecular flexibility index (Phi) is 4.47. The van der Waals surface area contributed by atoms with Crippen LogP contribution in [0, 0.1) is 0 Å². The third-order valence-corrected chi connectivity index (χ3v) is 4.35. The lowest BCUT2D eigenvalue weighted by Gasteiger charge is -2.06. The second kappa shape index (κ2) is 6.70. The predicted octanol–water partition coefficient (Wildman–Crippen LogP) is 3.55. The fraction of sp³-hybridized carbons (Fsp3) is 0.188. The van der Waals surface area contributed by atoms with Crippen LogP contribution in [0.2, 0.25) is 0 Å². The zero-order valence-corrected chi connectivity index (χ0v) is 13.3. The molecule has 1 N–H and O–H groups in total. The number of carboxylic acids is 1. The first-order chi connectivity index (χ1) is 11.2. The Morgan fingerprint density at radius 1 is 1.30 bits per heavy atom. The summed E-state index contributed by atoms with van der Waals surface area (Å²) in [5.41, 5.74) is 1.22. The van der Waals surface area contributed by atoms with Crippen LogP contribution in [0.4, 0.5) is 0 Å². The Hall–Kier alpha value is -2.54. The number of furan rings is 1. The maximum absolute atomic E-state index is 11.0. The average molecular weight is 329 g/mol. The van der Waals surface area contributed by atoms with E-state index in [0.29, 0.717) is 17.3 Å². The number of hydrogen-bond acceptors (Lipinski definition) is 5. The standard InChI is InChI=1S/C16H15N3O3S/c1-2-19-14(13-7-4-8-22-13)17-18-16(19)23-10-11-5-3-6-12(9-11)15(20)21/h3-9H,2,10H2,1H3,(H,20,21). The molecule has 0 aliphatic rings. The van der Waals surface area contributed by atoms with E-state index in [1.807, 2.05) is 29.7 Å².